The fourth-order valence-electron chi connectivity index (χ4n) is 1.11. The number of hydrogen-bond acceptors (Lipinski definition) is 0. The standard InChI is InChI=1S/C11H11/c1-4-10-8-6-7-9(3)11(10)5-2/h5-8H,1-2H2,3H3. The van der Waals surface area contributed by atoms with Crippen molar-refractivity contribution in [2.24, 2.45) is 0 Å². The van der Waals surface area contributed by atoms with Crippen molar-refractivity contribution in [3.05, 3.63) is 54.1 Å². The minimum Gasteiger partial charge on any atom is -0.0984 e. The summed E-state index contributed by atoms with van der Waals surface area (Å²) in [5.74, 6) is 0. The second-order valence-corrected chi connectivity index (χ2v) is 2.42. The lowest BCUT2D eigenvalue weighted by Gasteiger charge is -2.02. The second kappa shape index (κ2) is 3.20. The Morgan fingerprint density at radius 3 is 2.64 bits per heavy atom. The highest BCUT2D eigenvalue weighted by Gasteiger charge is 1.96. The third-order valence-electron chi connectivity index (χ3n) is 1.72. The van der Waals surface area contributed by atoms with Crippen LogP contribution in [0.15, 0.2) is 31.4 Å². The van der Waals surface area contributed by atoms with Gasteiger partial charge in [0.2, 0.25) is 0 Å². The van der Waals surface area contributed by atoms with E-state index in [4.69, 9.17) is 0 Å². The fraction of sp³-hybridized carbons (Fsp3) is 0.0909. The van der Waals surface area contributed by atoms with Gasteiger partial charge in [0, 0.05) is 0 Å². The Bertz CT molecular complexity index is 282. The molecule has 0 saturated carbocycles. The maximum Gasteiger partial charge on any atom is -0.0109 e. The Kier molecular flexibility index (Phi) is 2.27. The molecule has 1 radical (unpaired) electrons. The monoisotopic (exact) mass is 143 g/mol. The van der Waals surface area contributed by atoms with Crippen molar-refractivity contribution >= 4 is 6.08 Å². The highest BCUT2D eigenvalue weighted by atomic mass is 14.0. The lowest BCUT2D eigenvalue weighted by Crippen LogP contribution is -1.84. The van der Waals surface area contributed by atoms with Crippen LogP contribution in [0.3, 0.4) is 0 Å². The predicted octanol–water partition coefficient (Wildman–Crippen LogP) is 2.98. The van der Waals surface area contributed by atoms with E-state index in [0.717, 1.165) is 11.1 Å². The lowest BCUT2D eigenvalue weighted by molar-refractivity contribution is 1.40. The zero-order valence-corrected chi connectivity index (χ0v) is 6.72. The molecule has 0 heterocycles. The van der Waals surface area contributed by atoms with Crippen LogP contribution < -0.4 is 0 Å². The number of aryl methyl sites for hydroxylation is 1. The van der Waals surface area contributed by atoms with Gasteiger partial charge in [-0.25, -0.2) is 0 Å². The first kappa shape index (κ1) is 7.80. The van der Waals surface area contributed by atoms with E-state index in [1.54, 1.807) is 0 Å². The maximum atomic E-state index is 3.73. The zero-order chi connectivity index (χ0) is 8.27. The summed E-state index contributed by atoms with van der Waals surface area (Å²) in [5.41, 5.74) is 3.37. The Morgan fingerprint density at radius 2 is 2.18 bits per heavy atom. The molecule has 0 aromatic heterocycles. The van der Waals surface area contributed by atoms with Gasteiger partial charge in [0.15, 0.2) is 0 Å². The molecule has 0 aliphatic heterocycles. The van der Waals surface area contributed by atoms with Crippen molar-refractivity contribution in [1.82, 2.24) is 0 Å². The lowest BCUT2D eigenvalue weighted by atomic mass is 10.0. The van der Waals surface area contributed by atoms with Crippen molar-refractivity contribution in [3.63, 3.8) is 0 Å². The largest absolute Gasteiger partial charge is 0.0984 e. The molecule has 1 aromatic carbocycles. The Balaban J connectivity index is 3.35. The molecule has 55 valence electrons. The average molecular weight is 143 g/mol. The predicted molar refractivity (Wildman–Crippen MR) is 49.2 cm³/mol. The molecule has 0 nitrogen and oxygen atoms in total. The minimum atomic E-state index is 1.03. The van der Waals surface area contributed by atoms with Gasteiger partial charge in [-0.1, -0.05) is 37.4 Å². The summed E-state index contributed by atoms with van der Waals surface area (Å²) in [6.07, 6.45) is 4.70. The van der Waals surface area contributed by atoms with E-state index in [1.807, 2.05) is 18.2 Å². The molecule has 0 fully saturated rings. The van der Waals surface area contributed by atoms with E-state index in [1.165, 1.54) is 5.56 Å². The average Bonchev–Trinajstić information content (AvgIpc) is 2.04. The first-order valence-electron chi connectivity index (χ1n) is 3.54. The Labute approximate surface area is 67.9 Å². The van der Waals surface area contributed by atoms with Crippen LogP contribution >= 0.6 is 0 Å². The van der Waals surface area contributed by atoms with Crippen LogP contribution in [0.4, 0.5) is 0 Å². The smallest absolute Gasteiger partial charge is 0.0109 e. The van der Waals surface area contributed by atoms with Crippen molar-refractivity contribution < 1.29 is 0 Å². The van der Waals surface area contributed by atoms with Gasteiger partial charge in [-0.15, -0.1) is 0 Å². The van der Waals surface area contributed by atoms with Crippen LogP contribution in [0.5, 0.6) is 0 Å². The molecule has 1 rings (SSSR count). The van der Waals surface area contributed by atoms with Crippen LogP contribution in [0.25, 0.3) is 6.08 Å². The molecular formula is C11H11. The van der Waals surface area contributed by atoms with Gasteiger partial charge < -0.3 is 0 Å². The SMILES string of the molecule is C=[C]c1cccc(C)c1C=C. The van der Waals surface area contributed by atoms with Gasteiger partial charge in [0.1, 0.15) is 0 Å². The van der Waals surface area contributed by atoms with E-state index < -0.39 is 0 Å². The molecule has 0 unspecified atom stereocenters. The molecule has 11 heavy (non-hydrogen) atoms. The summed E-state index contributed by atoms with van der Waals surface area (Å²) in [5, 5.41) is 0. The molecule has 0 aliphatic carbocycles. The fourth-order valence-corrected chi connectivity index (χ4v) is 1.11. The summed E-state index contributed by atoms with van der Waals surface area (Å²) >= 11 is 0. The van der Waals surface area contributed by atoms with Gasteiger partial charge in [-0.05, 0) is 29.7 Å². The highest BCUT2D eigenvalue weighted by molar-refractivity contribution is 5.57. The van der Waals surface area contributed by atoms with E-state index in [0.29, 0.717) is 0 Å². The molecule has 1 aromatic rings. The summed E-state index contributed by atoms with van der Waals surface area (Å²) < 4.78 is 0. The Morgan fingerprint density at radius 1 is 1.45 bits per heavy atom. The van der Waals surface area contributed by atoms with Gasteiger partial charge >= 0.3 is 0 Å². The number of hydrogen-bond donors (Lipinski definition) is 0. The highest BCUT2D eigenvalue weighted by Crippen LogP contribution is 2.14. The minimum absolute atomic E-state index is 1.03. The molecule has 0 N–H and O–H groups in total. The van der Waals surface area contributed by atoms with Crippen LogP contribution in [0.2, 0.25) is 0 Å². The van der Waals surface area contributed by atoms with Gasteiger partial charge in [0.05, 0.1) is 0 Å². The van der Waals surface area contributed by atoms with Crippen molar-refractivity contribution in [2.45, 2.75) is 6.92 Å². The summed E-state index contributed by atoms with van der Waals surface area (Å²) in [7, 11) is 0. The molecule has 0 saturated heterocycles. The molecule has 0 bridgehead atoms. The second-order valence-electron chi connectivity index (χ2n) is 2.42. The van der Waals surface area contributed by atoms with Crippen LogP contribution in [-0.2, 0) is 0 Å². The van der Waals surface area contributed by atoms with Gasteiger partial charge in [-0.2, -0.15) is 0 Å². The first-order valence-corrected chi connectivity index (χ1v) is 3.54. The van der Waals surface area contributed by atoms with E-state index in [9.17, 15) is 0 Å². The first-order chi connectivity index (χ1) is 5.29. The number of benzene rings is 1. The molecule has 0 atom stereocenters. The van der Waals surface area contributed by atoms with E-state index in [2.05, 4.69) is 32.2 Å². The summed E-state index contributed by atoms with van der Waals surface area (Å²) in [4.78, 5) is 0. The summed E-state index contributed by atoms with van der Waals surface area (Å²) in [6.45, 7) is 9.39. The van der Waals surface area contributed by atoms with Crippen LogP contribution in [0.1, 0.15) is 16.7 Å². The maximum absolute atomic E-state index is 3.73. The third kappa shape index (κ3) is 1.40. The molecular weight excluding hydrogens is 132 g/mol. The molecule has 0 amide bonds. The normalized spacial score (nSPS) is 9.18. The quantitative estimate of drug-likeness (QED) is 0.597. The zero-order valence-electron chi connectivity index (χ0n) is 6.72. The van der Waals surface area contributed by atoms with Crippen molar-refractivity contribution in [3.8, 4) is 0 Å². The van der Waals surface area contributed by atoms with Gasteiger partial charge in [-0.3, -0.25) is 0 Å². The van der Waals surface area contributed by atoms with Crippen molar-refractivity contribution in [2.75, 3.05) is 0 Å². The van der Waals surface area contributed by atoms with Crippen LogP contribution in [0, 0.1) is 13.0 Å². The molecule has 0 aliphatic rings. The molecule has 0 heteroatoms. The topological polar surface area (TPSA) is 0 Å². The van der Waals surface area contributed by atoms with E-state index in [-0.39, 0.29) is 0 Å². The summed E-state index contributed by atoms with van der Waals surface area (Å²) in [6, 6.07) is 6.03. The molecule has 0 spiro atoms. The Hall–Kier alpha value is -1.30. The van der Waals surface area contributed by atoms with Crippen LogP contribution in [-0.4, -0.2) is 0 Å². The van der Waals surface area contributed by atoms with Gasteiger partial charge in [0.25, 0.3) is 0 Å². The number of rotatable bonds is 2. The van der Waals surface area contributed by atoms with Crippen molar-refractivity contribution in [1.29, 1.82) is 0 Å². The third-order valence-corrected chi connectivity index (χ3v) is 1.72. The van der Waals surface area contributed by atoms with E-state index >= 15 is 0 Å².